The first-order chi connectivity index (χ1) is 10.1. The van der Waals surface area contributed by atoms with Crippen LogP contribution in [0.4, 0.5) is 10.5 Å². The number of carbonyl (C=O) groups excluding carboxylic acids is 1. The van der Waals surface area contributed by atoms with Crippen LogP contribution >= 0.6 is 0 Å². The minimum absolute atomic E-state index is 0.0683. The van der Waals surface area contributed by atoms with Crippen molar-refractivity contribution in [2.45, 2.75) is 33.1 Å². The normalized spacial score (nSPS) is 10.0. The van der Waals surface area contributed by atoms with Crippen molar-refractivity contribution in [3.63, 3.8) is 0 Å². The van der Waals surface area contributed by atoms with Gasteiger partial charge in [-0.05, 0) is 37.5 Å². The van der Waals surface area contributed by atoms with E-state index in [0.29, 0.717) is 30.8 Å². The van der Waals surface area contributed by atoms with Gasteiger partial charge in [-0.15, -0.1) is 0 Å². The molecule has 5 heteroatoms. The maximum Gasteiger partial charge on any atom is 0.321 e. The van der Waals surface area contributed by atoms with E-state index in [0.717, 1.165) is 18.4 Å². The van der Waals surface area contributed by atoms with Gasteiger partial charge in [0.05, 0.1) is 11.6 Å². The van der Waals surface area contributed by atoms with Crippen LogP contribution in [0.25, 0.3) is 0 Å². The molecule has 21 heavy (non-hydrogen) atoms. The molecule has 114 valence electrons. The lowest BCUT2D eigenvalue weighted by Crippen LogP contribution is -2.37. The summed E-state index contributed by atoms with van der Waals surface area (Å²) < 4.78 is 0. The van der Waals surface area contributed by atoms with Crippen LogP contribution < -0.4 is 5.32 Å². The Balaban J connectivity index is 2.77. The van der Waals surface area contributed by atoms with Crippen molar-refractivity contribution in [3.8, 4) is 6.07 Å². The number of benzene rings is 1. The molecule has 0 aliphatic heterocycles. The lowest BCUT2D eigenvalue weighted by molar-refractivity contribution is 0.201. The third-order valence-electron chi connectivity index (χ3n) is 3.26. The molecular weight excluding hydrogens is 266 g/mol. The first-order valence-electron chi connectivity index (χ1n) is 7.30. The van der Waals surface area contributed by atoms with Crippen LogP contribution in [0, 0.1) is 18.3 Å². The SMILES string of the molecule is CCCCN(CCCO)C(=O)Nc1cc(C#N)ccc1C. The number of aliphatic hydroxyl groups is 1. The van der Waals surface area contributed by atoms with Gasteiger partial charge < -0.3 is 15.3 Å². The standard InChI is InChI=1S/C16H23N3O2/c1-3-4-8-19(9-5-10-20)16(21)18-15-11-14(12-17)7-6-13(15)2/h6-7,11,20H,3-5,8-10H2,1-2H3,(H,18,21). The average Bonchev–Trinajstić information content (AvgIpc) is 2.49. The van der Waals surface area contributed by atoms with Crippen LogP contribution in [0.2, 0.25) is 0 Å². The largest absolute Gasteiger partial charge is 0.396 e. The Bertz CT molecular complexity index is 501. The monoisotopic (exact) mass is 289 g/mol. The number of nitrogens with zero attached hydrogens (tertiary/aromatic N) is 2. The Kier molecular flexibility index (Phi) is 7.27. The van der Waals surface area contributed by atoms with Crippen LogP contribution in [0.1, 0.15) is 37.3 Å². The summed E-state index contributed by atoms with van der Waals surface area (Å²) in [6.07, 6.45) is 2.50. The highest BCUT2D eigenvalue weighted by Gasteiger charge is 2.13. The van der Waals surface area contributed by atoms with E-state index in [9.17, 15) is 4.79 Å². The van der Waals surface area contributed by atoms with Gasteiger partial charge in [0.15, 0.2) is 0 Å². The van der Waals surface area contributed by atoms with Crippen molar-refractivity contribution in [1.29, 1.82) is 5.26 Å². The number of nitrogens with one attached hydrogen (secondary N) is 1. The smallest absolute Gasteiger partial charge is 0.321 e. The van der Waals surface area contributed by atoms with Crippen molar-refractivity contribution < 1.29 is 9.90 Å². The Labute approximate surface area is 126 Å². The molecule has 5 nitrogen and oxygen atoms in total. The number of anilines is 1. The molecule has 0 atom stereocenters. The van der Waals surface area contributed by atoms with Crippen LogP contribution in [0.3, 0.4) is 0 Å². The van der Waals surface area contributed by atoms with Crippen molar-refractivity contribution >= 4 is 11.7 Å². The van der Waals surface area contributed by atoms with Crippen LogP contribution in [0.15, 0.2) is 18.2 Å². The summed E-state index contributed by atoms with van der Waals surface area (Å²) in [4.78, 5) is 14.0. The van der Waals surface area contributed by atoms with Crippen molar-refractivity contribution in [2.24, 2.45) is 0 Å². The zero-order valence-electron chi connectivity index (χ0n) is 12.7. The van der Waals surface area contributed by atoms with E-state index >= 15 is 0 Å². The van der Waals surface area contributed by atoms with Crippen LogP contribution in [-0.4, -0.2) is 35.7 Å². The van der Waals surface area contributed by atoms with Gasteiger partial charge in [-0.2, -0.15) is 5.26 Å². The number of carbonyl (C=O) groups is 1. The first-order valence-corrected chi connectivity index (χ1v) is 7.30. The number of nitriles is 1. The highest BCUT2D eigenvalue weighted by atomic mass is 16.3. The van der Waals surface area contributed by atoms with E-state index in [2.05, 4.69) is 18.3 Å². The van der Waals surface area contributed by atoms with Gasteiger partial charge in [-0.3, -0.25) is 0 Å². The van der Waals surface area contributed by atoms with Gasteiger partial charge in [-0.1, -0.05) is 19.4 Å². The average molecular weight is 289 g/mol. The fraction of sp³-hybridized carbons (Fsp3) is 0.500. The topological polar surface area (TPSA) is 76.4 Å². The Morgan fingerprint density at radius 1 is 1.38 bits per heavy atom. The molecule has 0 fully saturated rings. The third kappa shape index (κ3) is 5.44. The van der Waals surface area contributed by atoms with Crippen molar-refractivity contribution in [3.05, 3.63) is 29.3 Å². The Morgan fingerprint density at radius 2 is 2.10 bits per heavy atom. The molecule has 0 saturated heterocycles. The second kappa shape index (κ2) is 8.98. The highest BCUT2D eigenvalue weighted by molar-refractivity contribution is 5.90. The predicted molar refractivity (Wildman–Crippen MR) is 83.1 cm³/mol. The lowest BCUT2D eigenvalue weighted by atomic mass is 10.1. The zero-order chi connectivity index (χ0) is 15.7. The maximum atomic E-state index is 12.3. The van der Waals surface area contributed by atoms with E-state index in [-0.39, 0.29) is 12.6 Å². The quantitative estimate of drug-likeness (QED) is 0.810. The van der Waals surface area contributed by atoms with E-state index in [1.54, 1.807) is 17.0 Å². The first kappa shape index (κ1) is 17.0. The molecule has 1 aromatic rings. The van der Waals surface area contributed by atoms with Gasteiger partial charge in [0.2, 0.25) is 0 Å². The summed E-state index contributed by atoms with van der Waals surface area (Å²) >= 11 is 0. The maximum absolute atomic E-state index is 12.3. The summed E-state index contributed by atoms with van der Waals surface area (Å²) in [5.74, 6) is 0. The molecule has 1 rings (SSSR count). The Morgan fingerprint density at radius 3 is 2.71 bits per heavy atom. The molecule has 0 radical (unpaired) electrons. The molecule has 0 unspecified atom stereocenters. The number of hydrogen-bond donors (Lipinski definition) is 2. The Hall–Kier alpha value is -2.06. The number of unbranched alkanes of at least 4 members (excludes halogenated alkanes) is 1. The molecule has 2 amide bonds. The number of rotatable bonds is 7. The molecule has 0 spiro atoms. The molecule has 2 N–H and O–H groups in total. The van der Waals surface area contributed by atoms with Gasteiger partial charge in [-0.25, -0.2) is 4.79 Å². The van der Waals surface area contributed by atoms with E-state index < -0.39 is 0 Å². The fourth-order valence-corrected chi connectivity index (χ4v) is 1.95. The van der Waals surface area contributed by atoms with Gasteiger partial charge >= 0.3 is 6.03 Å². The summed E-state index contributed by atoms with van der Waals surface area (Å²) in [6, 6.07) is 7.11. The number of aliphatic hydroxyl groups excluding tert-OH is 1. The molecular formula is C16H23N3O2. The molecule has 0 aromatic heterocycles. The predicted octanol–water partition coefficient (Wildman–Crippen LogP) is 2.88. The van der Waals surface area contributed by atoms with E-state index in [1.807, 2.05) is 13.0 Å². The number of hydrogen-bond acceptors (Lipinski definition) is 3. The summed E-state index contributed by atoms with van der Waals surface area (Å²) in [7, 11) is 0. The zero-order valence-corrected chi connectivity index (χ0v) is 12.7. The number of urea groups is 1. The molecule has 0 aliphatic rings. The minimum atomic E-state index is -0.185. The second-order valence-corrected chi connectivity index (χ2v) is 4.99. The van der Waals surface area contributed by atoms with Crippen LogP contribution in [0.5, 0.6) is 0 Å². The van der Waals surface area contributed by atoms with Gasteiger partial charge in [0, 0.05) is 25.4 Å². The van der Waals surface area contributed by atoms with E-state index in [4.69, 9.17) is 10.4 Å². The van der Waals surface area contributed by atoms with Gasteiger partial charge in [0.1, 0.15) is 0 Å². The summed E-state index contributed by atoms with van der Waals surface area (Å²) in [5, 5.41) is 20.7. The summed E-state index contributed by atoms with van der Waals surface area (Å²) in [6.45, 7) is 5.22. The lowest BCUT2D eigenvalue weighted by Gasteiger charge is -2.23. The number of amides is 2. The summed E-state index contributed by atoms with van der Waals surface area (Å²) in [5.41, 5.74) is 2.09. The highest BCUT2D eigenvalue weighted by Crippen LogP contribution is 2.17. The molecule has 0 bridgehead atoms. The van der Waals surface area contributed by atoms with E-state index in [1.165, 1.54) is 0 Å². The molecule has 0 aliphatic carbocycles. The van der Waals surface area contributed by atoms with Crippen molar-refractivity contribution in [2.75, 3.05) is 25.0 Å². The molecule has 0 saturated carbocycles. The van der Waals surface area contributed by atoms with Crippen molar-refractivity contribution in [1.82, 2.24) is 4.90 Å². The third-order valence-corrected chi connectivity index (χ3v) is 3.26. The molecule has 1 aromatic carbocycles. The van der Waals surface area contributed by atoms with Crippen LogP contribution in [-0.2, 0) is 0 Å². The molecule has 0 heterocycles. The number of aryl methyl sites for hydroxylation is 1. The minimum Gasteiger partial charge on any atom is -0.396 e. The second-order valence-electron chi connectivity index (χ2n) is 4.99. The van der Waals surface area contributed by atoms with Gasteiger partial charge in [0.25, 0.3) is 0 Å². The fourth-order valence-electron chi connectivity index (χ4n) is 1.95.